The average Bonchev–Trinajstić information content (AvgIpc) is 2.99. The van der Waals surface area contributed by atoms with Crippen LogP contribution in [0.4, 0.5) is 5.69 Å². The molecular formula is C13H14ClN5S. The summed E-state index contributed by atoms with van der Waals surface area (Å²) in [6.07, 6.45) is 2.01. The first-order valence-corrected chi connectivity index (χ1v) is 7.34. The van der Waals surface area contributed by atoms with Crippen LogP contribution in [-0.2, 0) is 7.05 Å². The van der Waals surface area contributed by atoms with Crippen molar-refractivity contribution in [1.29, 1.82) is 0 Å². The lowest BCUT2D eigenvalue weighted by atomic mass is 10.1. The average molecular weight is 308 g/mol. The molecule has 2 heterocycles. The monoisotopic (exact) mass is 307 g/mol. The second-order valence-corrected chi connectivity index (χ2v) is 5.70. The maximum Gasteiger partial charge on any atom is 0.129 e. The van der Waals surface area contributed by atoms with Gasteiger partial charge in [-0.2, -0.15) is 13.8 Å². The Morgan fingerprint density at radius 1 is 1.35 bits per heavy atom. The fourth-order valence-corrected chi connectivity index (χ4v) is 3.05. The van der Waals surface area contributed by atoms with Gasteiger partial charge in [0.2, 0.25) is 0 Å². The predicted molar refractivity (Wildman–Crippen MR) is 82.4 cm³/mol. The van der Waals surface area contributed by atoms with Crippen LogP contribution in [0, 0.1) is 6.92 Å². The number of aromatic nitrogens is 4. The molecule has 0 saturated heterocycles. The quantitative estimate of drug-likeness (QED) is 0.804. The summed E-state index contributed by atoms with van der Waals surface area (Å²) in [6.45, 7) is 4.08. The first kappa shape index (κ1) is 13.3. The van der Waals surface area contributed by atoms with E-state index in [0.29, 0.717) is 5.02 Å². The molecule has 2 aromatic heterocycles. The van der Waals surface area contributed by atoms with Crippen molar-refractivity contribution < 1.29 is 0 Å². The van der Waals surface area contributed by atoms with Crippen LogP contribution in [0.3, 0.4) is 0 Å². The van der Waals surface area contributed by atoms with Crippen molar-refractivity contribution in [2.24, 2.45) is 7.05 Å². The fourth-order valence-electron chi connectivity index (χ4n) is 2.30. The van der Waals surface area contributed by atoms with Crippen molar-refractivity contribution in [2.45, 2.75) is 19.9 Å². The summed E-state index contributed by atoms with van der Waals surface area (Å²) in [5, 5.41) is 8.45. The van der Waals surface area contributed by atoms with Crippen LogP contribution >= 0.6 is 23.3 Å². The Morgan fingerprint density at radius 3 is 2.85 bits per heavy atom. The standard InChI is InChI=1S/C13H14ClN5S/c1-7(9-6-19(3)16-8(9)2)15-12-10(14)4-5-11-13(12)18-20-17-11/h4-7,15H,1-3H3. The summed E-state index contributed by atoms with van der Waals surface area (Å²) in [5.74, 6) is 0. The van der Waals surface area contributed by atoms with Gasteiger partial charge in [-0.05, 0) is 26.0 Å². The minimum atomic E-state index is 0.0912. The molecule has 0 amide bonds. The van der Waals surface area contributed by atoms with Crippen molar-refractivity contribution in [3.8, 4) is 0 Å². The molecule has 1 atom stereocenters. The Labute approximate surface area is 125 Å². The number of aryl methyl sites for hydroxylation is 2. The molecule has 0 spiro atoms. The fraction of sp³-hybridized carbons (Fsp3) is 0.308. The third-order valence-electron chi connectivity index (χ3n) is 3.26. The van der Waals surface area contributed by atoms with Crippen LogP contribution in [0.5, 0.6) is 0 Å². The molecule has 104 valence electrons. The van der Waals surface area contributed by atoms with E-state index in [1.807, 2.05) is 37.0 Å². The number of nitrogens with one attached hydrogen (secondary N) is 1. The van der Waals surface area contributed by atoms with Crippen LogP contribution in [0.25, 0.3) is 11.0 Å². The van der Waals surface area contributed by atoms with Crippen LogP contribution < -0.4 is 5.32 Å². The van der Waals surface area contributed by atoms with E-state index in [9.17, 15) is 0 Å². The predicted octanol–water partition coefficient (Wildman–Crippen LogP) is 3.56. The second-order valence-electron chi connectivity index (χ2n) is 4.76. The smallest absolute Gasteiger partial charge is 0.129 e. The van der Waals surface area contributed by atoms with E-state index < -0.39 is 0 Å². The van der Waals surface area contributed by atoms with Gasteiger partial charge in [-0.25, -0.2) is 0 Å². The summed E-state index contributed by atoms with van der Waals surface area (Å²) < 4.78 is 10.4. The molecule has 5 nitrogen and oxygen atoms in total. The second kappa shape index (κ2) is 5.03. The van der Waals surface area contributed by atoms with Crippen LogP contribution in [-0.4, -0.2) is 18.5 Å². The third kappa shape index (κ3) is 2.25. The number of rotatable bonds is 3. The maximum atomic E-state index is 6.29. The molecule has 20 heavy (non-hydrogen) atoms. The highest BCUT2D eigenvalue weighted by Gasteiger charge is 2.16. The highest BCUT2D eigenvalue weighted by molar-refractivity contribution is 7.00. The Kier molecular flexibility index (Phi) is 3.35. The van der Waals surface area contributed by atoms with E-state index in [0.717, 1.165) is 28.0 Å². The number of fused-ring (bicyclic) bond motifs is 1. The van der Waals surface area contributed by atoms with Gasteiger partial charge in [-0.15, -0.1) is 0 Å². The third-order valence-corrected chi connectivity index (χ3v) is 4.11. The van der Waals surface area contributed by atoms with E-state index in [1.165, 1.54) is 11.7 Å². The number of hydrogen-bond donors (Lipinski definition) is 1. The number of benzene rings is 1. The van der Waals surface area contributed by atoms with Crippen molar-refractivity contribution in [3.63, 3.8) is 0 Å². The summed E-state index contributed by atoms with van der Waals surface area (Å²) in [7, 11) is 1.92. The van der Waals surface area contributed by atoms with Gasteiger partial charge >= 0.3 is 0 Å². The van der Waals surface area contributed by atoms with Crippen LogP contribution in [0.2, 0.25) is 5.02 Å². The molecule has 1 aromatic carbocycles. The minimum absolute atomic E-state index is 0.0912. The molecule has 0 aliphatic rings. The molecule has 3 rings (SSSR count). The van der Waals surface area contributed by atoms with E-state index in [2.05, 4.69) is 26.1 Å². The highest BCUT2D eigenvalue weighted by atomic mass is 35.5. The first-order chi connectivity index (χ1) is 9.56. The molecule has 1 N–H and O–H groups in total. The lowest BCUT2D eigenvalue weighted by Crippen LogP contribution is -2.08. The number of anilines is 1. The van der Waals surface area contributed by atoms with Gasteiger partial charge in [-0.1, -0.05) is 11.6 Å². The van der Waals surface area contributed by atoms with Gasteiger partial charge in [0.05, 0.1) is 34.2 Å². The van der Waals surface area contributed by atoms with E-state index in [1.54, 1.807) is 0 Å². The number of nitrogens with zero attached hydrogens (tertiary/aromatic N) is 4. The highest BCUT2D eigenvalue weighted by Crippen LogP contribution is 2.33. The Hall–Kier alpha value is -1.66. The van der Waals surface area contributed by atoms with E-state index >= 15 is 0 Å². The Morgan fingerprint density at radius 2 is 2.15 bits per heavy atom. The molecule has 1 unspecified atom stereocenters. The first-order valence-electron chi connectivity index (χ1n) is 6.23. The van der Waals surface area contributed by atoms with Gasteiger partial charge in [0.25, 0.3) is 0 Å². The summed E-state index contributed by atoms with van der Waals surface area (Å²) in [6, 6.07) is 3.82. The normalized spacial score (nSPS) is 12.8. The summed E-state index contributed by atoms with van der Waals surface area (Å²) >= 11 is 7.48. The Balaban J connectivity index is 1.98. The zero-order valence-corrected chi connectivity index (χ0v) is 13.0. The van der Waals surface area contributed by atoms with Crippen molar-refractivity contribution in [1.82, 2.24) is 18.5 Å². The van der Waals surface area contributed by atoms with Crippen LogP contribution in [0.15, 0.2) is 18.3 Å². The lowest BCUT2D eigenvalue weighted by Gasteiger charge is -2.16. The SMILES string of the molecule is Cc1nn(C)cc1C(C)Nc1c(Cl)ccc2nsnc12. The van der Waals surface area contributed by atoms with Gasteiger partial charge in [0, 0.05) is 18.8 Å². The van der Waals surface area contributed by atoms with E-state index in [-0.39, 0.29) is 6.04 Å². The topological polar surface area (TPSA) is 55.6 Å². The van der Waals surface area contributed by atoms with Gasteiger partial charge in [0.15, 0.2) is 0 Å². The van der Waals surface area contributed by atoms with Crippen molar-refractivity contribution in [2.75, 3.05) is 5.32 Å². The maximum absolute atomic E-state index is 6.29. The molecule has 0 bridgehead atoms. The zero-order chi connectivity index (χ0) is 14.3. The molecule has 7 heteroatoms. The van der Waals surface area contributed by atoms with Gasteiger partial charge in [-0.3, -0.25) is 4.68 Å². The Bertz CT molecular complexity index is 763. The van der Waals surface area contributed by atoms with Crippen molar-refractivity contribution >= 4 is 40.0 Å². The zero-order valence-electron chi connectivity index (χ0n) is 11.4. The van der Waals surface area contributed by atoms with Crippen molar-refractivity contribution in [3.05, 3.63) is 34.6 Å². The molecule has 0 aliphatic carbocycles. The minimum Gasteiger partial charge on any atom is -0.375 e. The largest absolute Gasteiger partial charge is 0.375 e. The molecule has 0 fully saturated rings. The number of hydrogen-bond acceptors (Lipinski definition) is 5. The van der Waals surface area contributed by atoms with Crippen LogP contribution in [0.1, 0.15) is 24.2 Å². The molecular weight excluding hydrogens is 294 g/mol. The summed E-state index contributed by atoms with van der Waals surface area (Å²) in [4.78, 5) is 0. The molecule has 0 radical (unpaired) electrons. The van der Waals surface area contributed by atoms with Gasteiger partial charge < -0.3 is 5.32 Å². The molecule has 3 aromatic rings. The van der Waals surface area contributed by atoms with Gasteiger partial charge in [0.1, 0.15) is 11.0 Å². The lowest BCUT2D eigenvalue weighted by molar-refractivity contribution is 0.756. The number of halogens is 1. The van der Waals surface area contributed by atoms with E-state index in [4.69, 9.17) is 11.6 Å². The molecule has 0 saturated carbocycles. The summed E-state index contributed by atoms with van der Waals surface area (Å²) in [5.41, 5.74) is 4.65. The molecule has 0 aliphatic heterocycles.